The average molecular weight is 883 g/mol. The van der Waals surface area contributed by atoms with Gasteiger partial charge in [-0.3, -0.25) is 33.5 Å². The van der Waals surface area contributed by atoms with Gasteiger partial charge >= 0.3 is 7.82 Å². The highest BCUT2D eigenvalue weighted by Gasteiger charge is 2.47. The Bertz CT molecular complexity index is 2570. The largest absolute Gasteiger partial charge is 0.530 e. The third-order valence-corrected chi connectivity index (χ3v) is 11.8. The van der Waals surface area contributed by atoms with Crippen LogP contribution in [0.25, 0.3) is 11.2 Å². The van der Waals surface area contributed by atoms with Crippen LogP contribution in [0.3, 0.4) is 0 Å². The lowest BCUT2D eigenvalue weighted by Crippen LogP contribution is -2.38. The molecule has 0 aliphatic carbocycles. The number of hydrogen-bond donors (Lipinski definition) is 2. The minimum atomic E-state index is -4.52. The number of amides is 1. The maximum atomic E-state index is 14.6. The predicted octanol–water partition coefficient (Wildman–Crippen LogP) is 8.18. The summed E-state index contributed by atoms with van der Waals surface area (Å²) in [4.78, 5) is 37.2. The number of benzene rings is 4. The van der Waals surface area contributed by atoms with Gasteiger partial charge < -0.3 is 23.5 Å². The number of imidazole rings is 1. The van der Waals surface area contributed by atoms with Crippen LogP contribution in [-0.2, 0) is 33.5 Å². The lowest BCUT2D eigenvalue weighted by atomic mass is 9.80. The lowest BCUT2D eigenvalue weighted by molar-refractivity contribution is -0.118. The SMILES string of the molecule is COc1ccc(C(OC[C@H]2O[C@@H](n3cnc4c(=O)[nH]c(NC(=O)C(C)C)nc43)C[C@@H]2OP(=O)(OCCC#N)Oc2ccc(Cl)cc2)(c2ccccc2)c2ccc(OC)cc2)cc1. The highest BCUT2D eigenvalue weighted by atomic mass is 35.5. The van der Waals surface area contributed by atoms with Gasteiger partial charge in [0.25, 0.3) is 5.56 Å². The number of nitriles is 1. The third-order valence-electron chi connectivity index (χ3n) is 10.1. The molecule has 0 radical (unpaired) electrons. The van der Waals surface area contributed by atoms with E-state index in [0.717, 1.165) is 16.7 Å². The minimum absolute atomic E-state index is 0.000634. The van der Waals surface area contributed by atoms with Crippen molar-refractivity contribution in [2.24, 2.45) is 5.92 Å². The van der Waals surface area contributed by atoms with Gasteiger partial charge in [-0.15, -0.1) is 0 Å². The maximum absolute atomic E-state index is 14.6. The molecule has 322 valence electrons. The van der Waals surface area contributed by atoms with Crippen LogP contribution in [0, 0.1) is 17.2 Å². The summed E-state index contributed by atoms with van der Waals surface area (Å²) >= 11 is 6.12. The number of phosphoric ester groups is 1. The van der Waals surface area contributed by atoms with E-state index in [9.17, 15) is 19.4 Å². The van der Waals surface area contributed by atoms with E-state index in [-0.39, 0.29) is 54.8 Å². The van der Waals surface area contributed by atoms with E-state index in [4.69, 9.17) is 44.1 Å². The van der Waals surface area contributed by atoms with Crippen molar-refractivity contribution in [3.05, 3.63) is 142 Å². The van der Waals surface area contributed by atoms with Gasteiger partial charge in [-0.1, -0.05) is 80.0 Å². The second-order valence-corrected chi connectivity index (χ2v) is 16.4. The van der Waals surface area contributed by atoms with Gasteiger partial charge in [0.2, 0.25) is 11.9 Å². The van der Waals surface area contributed by atoms with Crippen LogP contribution < -0.4 is 24.9 Å². The van der Waals surface area contributed by atoms with Crippen LogP contribution >= 0.6 is 19.4 Å². The molecule has 16 nitrogen and oxygen atoms in total. The van der Waals surface area contributed by atoms with Crippen molar-refractivity contribution in [1.29, 1.82) is 5.26 Å². The standard InChI is InChI=1S/C44H44ClN6O10P/c1-28(2)41(52)49-43-48-40-39(42(53)50-43)47-27-51(40)38-25-36(61-62(54,58-24-8-23-46)60-35-21-15-32(45)16-22-35)37(59-38)26-57-44(29-9-6-5-7-10-29,30-11-17-33(55-3)18-12-30)31-13-19-34(56-4)20-14-31/h5-7,9-22,27-28,36-38H,8,24-26H2,1-4H3,(H2,48,49,50,52,53)/t36-,37+,38+,62?/m0/s1. The fourth-order valence-corrected chi connectivity index (χ4v) is 8.47. The summed E-state index contributed by atoms with van der Waals surface area (Å²) < 4.78 is 59.1. The summed E-state index contributed by atoms with van der Waals surface area (Å²) in [5, 5.41) is 12.4. The Morgan fingerprint density at radius 1 is 0.968 bits per heavy atom. The first kappa shape index (κ1) is 44.0. The fourth-order valence-electron chi connectivity index (χ4n) is 6.94. The van der Waals surface area contributed by atoms with Crippen LogP contribution in [0.15, 0.2) is 114 Å². The predicted molar refractivity (Wildman–Crippen MR) is 229 cm³/mol. The first-order valence-corrected chi connectivity index (χ1v) is 21.5. The van der Waals surface area contributed by atoms with Gasteiger partial charge in [0.15, 0.2) is 11.2 Å². The van der Waals surface area contributed by atoms with Crippen LogP contribution in [0.4, 0.5) is 5.95 Å². The van der Waals surface area contributed by atoms with Crippen molar-refractivity contribution in [3.8, 4) is 23.3 Å². The van der Waals surface area contributed by atoms with Gasteiger partial charge in [-0.25, -0.2) is 9.55 Å². The first-order chi connectivity index (χ1) is 29.9. The molecule has 6 aromatic rings. The van der Waals surface area contributed by atoms with E-state index in [1.165, 1.54) is 23.0 Å². The minimum Gasteiger partial charge on any atom is -0.497 e. The summed E-state index contributed by atoms with van der Waals surface area (Å²) in [6.45, 7) is 2.97. The molecule has 2 aromatic heterocycles. The highest BCUT2D eigenvalue weighted by molar-refractivity contribution is 7.49. The number of rotatable bonds is 18. The number of aromatic nitrogens is 4. The smallest absolute Gasteiger partial charge is 0.497 e. The number of H-pyrrole nitrogens is 1. The fraction of sp³-hybridized carbons (Fsp3) is 0.295. The van der Waals surface area contributed by atoms with Gasteiger partial charge in [0.05, 0.1) is 46.3 Å². The molecule has 1 unspecified atom stereocenters. The number of carbonyl (C=O) groups excluding carboxylic acids is 1. The Balaban J connectivity index is 1.31. The first-order valence-electron chi connectivity index (χ1n) is 19.6. The van der Waals surface area contributed by atoms with Crippen molar-refractivity contribution < 1.29 is 41.9 Å². The molecule has 7 rings (SSSR count). The molecular formula is C44H44ClN6O10P. The van der Waals surface area contributed by atoms with E-state index < -0.39 is 43.3 Å². The number of nitrogens with zero attached hydrogens (tertiary/aromatic N) is 4. The number of methoxy groups -OCH3 is 2. The number of anilines is 1. The number of aromatic amines is 1. The Labute approximate surface area is 362 Å². The Kier molecular flexibility index (Phi) is 13.7. The van der Waals surface area contributed by atoms with Crippen LogP contribution in [0.2, 0.25) is 5.02 Å². The van der Waals surface area contributed by atoms with Crippen molar-refractivity contribution in [3.63, 3.8) is 0 Å². The molecule has 1 aliphatic heterocycles. The molecule has 4 aromatic carbocycles. The van der Waals surface area contributed by atoms with Gasteiger partial charge in [0, 0.05) is 17.4 Å². The zero-order valence-electron chi connectivity index (χ0n) is 34.2. The molecule has 1 amide bonds. The number of carbonyl (C=O) groups is 1. The van der Waals surface area contributed by atoms with Crippen LogP contribution in [0.1, 0.15) is 49.6 Å². The number of hydrogen-bond acceptors (Lipinski definition) is 13. The third kappa shape index (κ3) is 9.69. The van der Waals surface area contributed by atoms with Crippen molar-refractivity contribution in [2.45, 2.75) is 50.7 Å². The number of phosphoric acid groups is 1. The summed E-state index contributed by atoms with van der Waals surface area (Å²) in [6, 6.07) is 32.8. The molecular weight excluding hydrogens is 839 g/mol. The number of halogens is 1. The van der Waals surface area contributed by atoms with E-state index in [1.54, 1.807) is 40.2 Å². The molecule has 1 fully saturated rings. The van der Waals surface area contributed by atoms with Gasteiger partial charge in [-0.05, 0) is 65.2 Å². The normalized spacial score (nSPS) is 17.3. The molecule has 1 saturated heterocycles. The van der Waals surface area contributed by atoms with Crippen LogP contribution in [-0.4, -0.2) is 65.1 Å². The Morgan fingerprint density at radius 2 is 1.58 bits per heavy atom. The van der Waals surface area contributed by atoms with Crippen molar-refractivity contribution in [1.82, 2.24) is 19.5 Å². The molecule has 0 saturated carbocycles. The molecule has 3 heterocycles. The zero-order valence-corrected chi connectivity index (χ0v) is 35.9. The van der Waals surface area contributed by atoms with Crippen LogP contribution in [0.5, 0.6) is 17.2 Å². The maximum Gasteiger partial charge on any atom is 0.530 e. The number of nitrogens with one attached hydrogen (secondary N) is 2. The quantitative estimate of drug-likeness (QED) is 0.0476. The van der Waals surface area contributed by atoms with E-state index in [0.29, 0.717) is 16.5 Å². The number of fused-ring (bicyclic) bond motifs is 1. The van der Waals surface area contributed by atoms with Crippen molar-refractivity contribution >= 4 is 42.4 Å². The molecule has 1 aliphatic rings. The monoisotopic (exact) mass is 882 g/mol. The molecule has 4 atom stereocenters. The van der Waals surface area contributed by atoms with Gasteiger partial charge in [-0.2, -0.15) is 10.2 Å². The topological polar surface area (TPSA) is 198 Å². The summed E-state index contributed by atoms with van der Waals surface area (Å²) in [5.41, 5.74) is 0.511. The molecule has 0 spiro atoms. The number of ether oxygens (including phenoxy) is 4. The molecule has 18 heteroatoms. The molecule has 2 N–H and O–H groups in total. The van der Waals surface area contributed by atoms with E-state index in [2.05, 4.69) is 20.3 Å². The van der Waals surface area contributed by atoms with Crippen molar-refractivity contribution in [2.75, 3.05) is 32.8 Å². The average Bonchev–Trinajstić information content (AvgIpc) is 3.89. The molecule has 0 bridgehead atoms. The summed E-state index contributed by atoms with van der Waals surface area (Å²) in [7, 11) is -1.35. The lowest BCUT2D eigenvalue weighted by Gasteiger charge is -2.37. The second-order valence-electron chi connectivity index (χ2n) is 14.4. The Hall–Kier alpha value is -6.05. The highest BCUT2D eigenvalue weighted by Crippen LogP contribution is 2.54. The Morgan fingerprint density at radius 3 is 2.18 bits per heavy atom. The van der Waals surface area contributed by atoms with E-state index in [1.807, 2.05) is 84.9 Å². The summed E-state index contributed by atoms with van der Waals surface area (Å²) in [5.74, 6) is 0.593. The van der Waals surface area contributed by atoms with Gasteiger partial charge in [0.1, 0.15) is 41.3 Å². The zero-order chi connectivity index (χ0) is 43.9. The molecule has 62 heavy (non-hydrogen) atoms. The summed E-state index contributed by atoms with van der Waals surface area (Å²) in [6.07, 6.45) is -1.71. The second kappa shape index (κ2) is 19.3. The van der Waals surface area contributed by atoms with E-state index >= 15 is 0 Å².